The largest absolute Gasteiger partial charge is 0.494 e. The number of carbonyl (C=O) groups is 1. The Morgan fingerprint density at radius 1 is 1.19 bits per heavy atom. The van der Waals surface area contributed by atoms with E-state index in [0.29, 0.717) is 23.0 Å². The molecule has 0 radical (unpaired) electrons. The second kappa shape index (κ2) is 8.51. The fourth-order valence-corrected chi connectivity index (χ4v) is 2.68. The number of nitrogens with one attached hydrogen (secondary N) is 1. The van der Waals surface area contributed by atoms with Crippen molar-refractivity contribution < 1.29 is 9.53 Å². The van der Waals surface area contributed by atoms with Gasteiger partial charge in [-0.3, -0.25) is 14.2 Å². The normalized spacial score (nSPS) is 10.4. The number of nitrogens with zero attached hydrogens (tertiary/aromatic N) is 2. The summed E-state index contributed by atoms with van der Waals surface area (Å²) < 4.78 is 6.64. The fourth-order valence-electron chi connectivity index (χ4n) is 2.50. The Kier molecular flexibility index (Phi) is 5.88. The molecule has 6 nitrogen and oxygen atoms in total. The Labute approximate surface area is 161 Å². The van der Waals surface area contributed by atoms with Crippen LogP contribution in [0.2, 0.25) is 5.02 Å². The summed E-state index contributed by atoms with van der Waals surface area (Å²) in [6.07, 6.45) is 1.36. The Morgan fingerprint density at radius 2 is 1.93 bits per heavy atom. The van der Waals surface area contributed by atoms with Crippen LogP contribution in [0.3, 0.4) is 0 Å². The van der Waals surface area contributed by atoms with Crippen LogP contribution < -0.4 is 15.6 Å². The number of aromatic nitrogens is 2. The second-order valence-corrected chi connectivity index (χ2v) is 6.13. The lowest BCUT2D eigenvalue weighted by Crippen LogP contribution is -2.27. The van der Waals surface area contributed by atoms with Crippen LogP contribution in [0.1, 0.15) is 6.92 Å². The van der Waals surface area contributed by atoms with Crippen LogP contribution >= 0.6 is 11.6 Å². The number of halogens is 1. The highest BCUT2D eigenvalue weighted by atomic mass is 35.5. The van der Waals surface area contributed by atoms with Crippen molar-refractivity contribution in [3.8, 4) is 17.0 Å². The molecule has 3 rings (SSSR count). The summed E-state index contributed by atoms with van der Waals surface area (Å²) in [4.78, 5) is 28.8. The molecule has 0 aliphatic carbocycles. The van der Waals surface area contributed by atoms with Gasteiger partial charge in [0.25, 0.3) is 5.56 Å². The van der Waals surface area contributed by atoms with Crippen LogP contribution in [0.15, 0.2) is 65.7 Å². The van der Waals surface area contributed by atoms with Crippen molar-refractivity contribution in [2.75, 3.05) is 11.9 Å². The highest BCUT2D eigenvalue weighted by Crippen LogP contribution is 2.21. The van der Waals surface area contributed by atoms with Crippen molar-refractivity contribution in [3.63, 3.8) is 0 Å². The molecule has 7 heteroatoms. The van der Waals surface area contributed by atoms with Gasteiger partial charge in [-0.2, -0.15) is 0 Å². The SMILES string of the molecule is CCOc1ccc(-c2cc(=O)n(CC(=O)Nc3ccccc3Cl)cn2)cc1. The third kappa shape index (κ3) is 4.74. The van der Waals surface area contributed by atoms with Crippen LogP contribution in [0.25, 0.3) is 11.3 Å². The predicted molar refractivity (Wildman–Crippen MR) is 105 cm³/mol. The molecule has 0 fully saturated rings. The van der Waals surface area contributed by atoms with Gasteiger partial charge in [-0.05, 0) is 43.3 Å². The van der Waals surface area contributed by atoms with E-state index in [1.165, 1.54) is 17.0 Å². The summed E-state index contributed by atoms with van der Waals surface area (Å²) in [7, 11) is 0. The summed E-state index contributed by atoms with van der Waals surface area (Å²) in [6.45, 7) is 2.35. The number of rotatable bonds is 6. The maximum absolute atomic E-state index is 12.3. The smallest absolute Gasteiger partial charge is 0.254 e. The summed E-state index contributed by atoms with van der Waals surface area (Å²) in [5.74, 6) is 0.395. The third-order valence-corrected chi connectivity index (χ3v) is 4.13. The quantitative estimate of drug-likeness (QED) is 0.705. The molecule has 0 atom stereocenters. The monoisotopic (exact) mass is 383 g/mol. The summed E-state index contributed by atoms with van der Waals surface area (Å²) in [5.41, 5.74) is 1.51. The first-order valence-electron chi connectivity index (χ1n) is 8.41. The van der Waals surface area contributed by atoms with E-state index in [-0.39, 0.29) is 18.0 Å². The molecule has 1 heterocycles. The fraction of sp³-hybridized carbons (Fsp3) is 0.150. The summed E-state index contributed by atoms with van der Waals surface area (Å²) in [6, 6.07) is 15.6. The van der Waals surface area contributed by atoms with E-state index in [9.17, 15) is 9.59 Å². The highest BCUT2D eigenvalue weighted by Gasteiger charge is 2.09. The second-order valence-electron chi connectivity index (χ2n) is 5.73. The van der Waals surface area contributed by atoms with Crippen LogP contribution in [0.5, 0.6) is 5.75 Å². The van der Waals surface area contributed by atoms with Crippen molar-refractivity contribution >= 4 is 23.2 Å². The van der Waals surface area contributed by atoms with E-state index in [1.807, 2.05) is 31.2 Å². The zero-order chi connectivity index (χ0) is 19.2. The molecule has 1 N–H and O–H groups in total. The Hall–Kier alpha value is -3.12. The molecule has 0 saturated heterocycles. The molecule has 0 saturated carbocycles. The van der Waals surface area contributed by atoms with E-state index >= 15 is 0 Å². The molecule has 1 amide bonds. The standard InChI is InChI=1S/C20H18ClN3O3/c1-2-27-15-9-7-14(8-10-15)18-11-20(26)24(13-22-18)12-19(25)23-17-6-4-3-5-16(17)21/h3-11,13H,2,12H2,1H3,(H,23,25). The molecule has 0 aliphatic rings. The van der Waals surface area contributed by atoms with Gasteiger partial charge in [-0.1, -0.05) is 23.7 Å². The minimum Gasteiger partial charge on any atom is -0.494 e. The molecule has 0 unspecified atom stereocenters. The van der Waals surface area contributed by atoms with Crippen molar-refractivity contribution in [1.29, 1.82) is 0 Å². The molecule has 0 bridgehead atoms. The summed E-state index contributed by atoms with van der Waals surface area (Å²) >= 11 is 6.02. The van der Waals surface area contributed by atoms with Gasteiger partial charge in [0.05, 0.1) is 29.3 Å². The average molecular weight is 384 g/mol. The van der Waals surface area contributed by atoms with Gasteiger partial charge in [0.1, 0.15) is 12.3 Å². The lowest BCUT2D eigenvalue weighted by atomic mass is 10.1. The minimum absolute atomic E-state index is 0.152. The summed E-state index contributed by atoms with van der Waals surface area (Å²) in [5, 5.41) is 3.11. The third-order valence-electron chi connectivity index (χ3n) is 3.80. The Morgan fingerprint density at radius 3 is 2.59 bits per heavy atom. The maximum atomic E-state index is 12.3. The van der Waals surface area contributed by atoms with Gasteiger partial charge in [0.2, 0.25) is 5.91 Å². The van der Waals surface area contributed by atoms with Gasteiger partial charge >= 0.3 is 0 Å². The highest BCUT2D eigenvalue weighted by molar-refractivity contribution is 6.33. The molecule has 3 aromatic rings. The van der Waals surface area contributed by atoms with Crippen molar-refractivity contribution in [1.82, 2.24) is 9.55 Å². The lowest BCUT2D eigenvalue weighted by Gasteiger charge is -2.09. The first kappa shape index (κ1) is 18.7. The molecule has 0 spiro atoms. The zero-order valence-electron chi connectivity index (χ0n) is 14.7. The molecular weight excluding hydrogens is 366 g/mol. The van der Waals surface area contributed by atoms with Crippen LogP contribution in [-0.2, 0) is 11.3 Å². The van der Waals surface area contributed by atoms with Gasteiger partial charge in [-0.15, -0.1) is 0 Å². The van der Waals surface area contributed by atoms with Crippen LogP contribution in [0, 0.1) is 0 Å². The number of ether oxygens (including phenoxy) is 1. The topological polar surface area (TPSA) is 73.2 Å². The predicted octanol–water partition coefficient (Wildman–Crippen LogP) is 3.60. The number of para-hydroxylation sites is 1. The molecule has 2 aromatic carbocycles. The molecule has 0 aliphatic heterocycles. The number of hydrogen-bond donors (Lipinski definition) is 1. The minimum atomic E-state index is -0.360. The van der Waals surface area contributed by atoms with Gasteiger partial charge in [0, 0.05) is 11.6 Å². The Bertz CT molecular complexity index is 1000. The number of hydrogen-bond acceptors (Lipinski definition) is 4. The van der Waals surface area contributed by atoms with Gasteiger partial charge in [-0.25, -0.2) is 4.98 Å². The van der Waals surface area contributed by atoms with Crippen molar-refractivity contribution in [2.24, 2.45) is 0 Å². The zero-order valence-corrected chi connectivity index (χ0v) is 15.4. The number of carbonyl (C=O) groups excluding carboxylic acids is 1. The molecular formula is C20H18ClN3O3. The first-order chi connectivity index (χ1) is 13.1. The average Bonchev–Trinajstić information content (AvgIpc) is 2.66. The molecule has 1 aromatic heterocycles. The van der Waals surface area contributed by atoms with Crippen molar-refractivity contribution in [3.05, 3.63) is 76.3 Å². The van der Waals surface area contributed by atoms with Crippen LogP contribution in [0.4, 0.5) is 5.69 Å². The lowest BCUT2D eigenvalue weighted by molar-refractivity contribution is -0.116. The van der Waals surface area contributed by atoms with E-state index < -0.39 is 0 Å². The molecule has 138 valence electrons. The number of benzene rings is 2. The van der Waals surface area contributed by atoms with Gasteiger partial charge < -0.3 is 10.1 Å². The Balaban J connectivity index is 1.72. The van der Waals surface area contributed by atoms with E-state index in [2.05, 4.69) is 10.3 Å². The number of anilines is 1. The van der Waals surface area contributed by atoms with Gasteiger partial charge in [0.15, 0.2) is 0 Å². The number of amides is 1. The van der Waals surface area contributed by atoms with E-state index in [1.54, 1.807) is 24.3 Å². The first-order valence-corrected chi connectivity index (χ1v) is 8.78. The maximum Gasteiger partial charge on any atom is 0.254 e. The van der Waals surface area contributed by atoms with Crippen molar-refractivity contribution in [2.45, 2.75) is 13.5 Å². The van der Waals surface area contributed by atoms with Crippen LogP contribution in [-0.4, -0.2) is 22.1 Å². The van der Waals surface area contributed by atoms with E-state index in [0.717, 1.165) is 11.3 Å². The molecule has 27 heavy (non-hydrogen) atoms. The van der Waals surface area contributed by atoms with E-state index in [4.69, 9.17) is 16.3 Å².